The van der Waals surface area contributed by atoms with Gasteiger partial charge in [-0.3, -0.25) is 0 Å². The van der Waals surface area contributed by atoms with Crippen LogP contribution in [0.3, 0.4) is 0 Å². The molecule has 0 spiro atoms. The molecule has 2 atom stereocenters. The van der Waals surface area contributed by atoms with Crippen LogP contribution in [0.2, 0.25) is 0 Å². The lowest BCUT2D eigenvalue weighted by Crippen LogP contribution is -2.19. The number of hydrogen-bond donors (Lipinski definition) is 1. The standard InChI is InChI=1S/C18H20O3/c1-11-4-6-14(12(2)8-11)18-10-16(19)15-9-13(20-3)5-7-17(15)21-18/h4-9,16,18-19H,10H2,1-3H3/t16-,18?/m0/s1. The quantitative estimate of drug-likeness (QED) is 0.910. The molecular weight excluding hydrogens is 264 g/mol. The molecule has 0 saturated heterocycles. The summed E-state index contributed by atoms with van der Waals surface area (Å²) in [7, 11) is 1.62. The molecule has 3 heteroatoms. The van der Waals surface area contributed by atoms with Crippen molar-refractivity contribution in [2.24, 2.45) is 0 Å². The first-order valence-corrected chi connectivity index (χ1v) is 7.18. The second-order valence-corrected chi connectivity index (χ2v) is 5.62. The summed E-state index contributed by atoms with van der Waals surface area (Å²) in [5.41, 5.74) is 4.37. The van der Waals surface area contributed by atoms with Crippen LogP contribution in [-0.4, -0.2) is 12.2 Å². The molecule has 110 valence electrons. The van der Waals surface area contributed by atoms with Crippen molar-refractivity contribution in [1.29, 1.82) is 0 Å². The zero-order valence-corrected chi connectivity index (χ0v) is 12.6. The van der Waals surface area contributed by atoms with E-state index in [0.29, 0.717) is 6.42 Å². The van der Waals surface area contributed by atoms with Gasteiger partial charge in [0, 0.05) is 12.0 Å². The smallest absolute Gasteiger partial charge is 0.127 e. The molecule has 0 radical (unpaired) electrons. The normalized spacial score (nSPS) is 20.6. The topological polar surface area (TPSA) is 38.7 Å². The van der Waals surface area contributed by atoms with E-state index in [0.717, 1.165) is 22.6 Å². The minimum absolute atomic E-state index is 0.110. The highest BCUT2D eigenvalue weighted by Gasteiger charge is 2.29. The van der Waals surface area contributed by atoms with Gasteiger partial charge in [-0.2, -0.15) is 0 Å². The van der Waals surface area contributed by atoms with Gasteiger partial charge in [-0.1, -0.05) is 23.8 Å². The van der Waals surface area contributed by atoms with Gasteiger partial charge in [-0.25, -0.2) is 0 Å². The number of aliphatic hydroxyl groups excluding tert-OH is 1. The van der Waals surface area contributed by atoms with Crippen LogP contribution < -0.4 is 9.47 Å². The summed E-state index contributed by atoms with van der Waals surface area (Å²) in [5, 5.41) is 10.4. The van der Waals surface area contributed by atoms with Crippen LogP contribution in [0.5, 0.6) is 11.5 Å². The summed E-state index contributed by atoms with van der Waals surface area (Å²) in [6.07, 6.45) is -0.0830. The summed E-state index contributed by atoms with van der Waals surface area (Å²) in [4.78, 5) is 0. The molecule has 1 aliphatic rings. The molecule has 0 saturated carbocycles. The second kappa shape index (κ2) is 5.41. The first-order valence-electron chi connectivity index (χ1n) is 7.18. The summed E-state index contributed by atoms with van der Waals surface area (Å²) in [5.74, 6) is 1.47. The van der Waals surface area contributed by atoms with E-state index < -0.39 is 6.10 Å². The number of hydrogen-bond acceptors (Lipinski definition) is 3. The highest BCUT2D eigenvalue weighted by molar-refractivity contribution is 5.44. The second-order valence-electron chi connectivity index (χ2n) is 5.62. The van der Waals surface area contributed by atoms with Gasteiger partial charge in [0.25, 0.3) is 0 Å². The number of rotatable bonds is 2. The highest BCUT2D eigenvalue weighted by atomic mass is 16.5. The Balaban J connectivity index is 1.94. The third-order valence-corrected chi connectivity index (χ3v) is 4.05. The van der Waals surface area contributed by atoms with E-state index in [1.54, 1.807) is 7.11 Å². The molecule has 1 unspecified atom stereocenters. The monoisotopic (exact) mass is 284 g/mol. The Labute approximate surface area is 125 Å². The van der Waals surface area contributed by atoms with Crippen LogP contribution in [0.25, 0.3) is 0 Å². The first kappa shape index (κ1) is 14.0. The summed E-state index contributed by atoms with van der Waals surface area (Å²) in [6, 6.07) is 11.9. The zero-order chi connectivity index (χ0) is 15.0. The van der Waals surface area contributed by atoms with E-state index in [1.807, 2.05) is 18.2 Å². The minimum Gasteiger partial charge on any atom is -0.497 e. The predicted molar refractivity (Wildman–Crippen MR) is 81.9 cm³/mol. The Kier molecular flexibility index (Phi) is 3.60. The maximum Gasteiger partial charge on any atom is 0.127 e. The Hall–Kier alpha value is -2.00. The molecule has 0 amide bonds. The van der Waals surface area contributed by atoms with Crippen molar-refractivity contribution in [2.75, 3.05) is 7.11 Å². The van der Waals surface area contributed by atoms with Gasteiger partial charge in [0.2, 0.25) is 0 Å². The lowest BCUT2D eigenvalue weighted by Gasteiger charge is -2.31. The summed E-state index contributed by atoms with van der Waals surface area (Å²) >= 11 is 0. The van der Waals surface area contributed by atoms with Crippen molar-refractivity contribution in [3.05, 3.63) is 58.7 Å². The van der Waals surface area contributed by atoms with Crippen molar-refractivity contribution in [3.8, 4) is 11.5 Å². The molecule has 2 aromatic carbocycles. The number of methoxy groups -OCH3 is 1. The first-order chi connectivity index (χ1) is 10.1. The molecule has 1 aliphatic heterocycles. The third-order valence-electron chi connectivity index (χ3n) is 4.05. The molecule has 0 aromatic heterocycles. The summed E-state index contributed by atoms with van der Waals surface area (Å²) in [6.45, 7) is 4.16. The summed E-state index contributed by atoms with van der Waals surface area (Å²) < 4.78 is 11.3. The lowest BCUT2D eigenvalue weighted by atomic mass is 9.92. The SMILES string of the molecule is COc1ccc2c(c1)[C@@H](O)CC(c1ccc(C)cc1C)O2. The Morgan fingerprint density at radius 1 is 1.10 bits per heavy atom. The van der Waals surface area contributed by atoms with Gasteiger partial charge in [0.05, 0.1) is 13.2 Å². The molecule has 1 N–H and O–H groups in total. The molecule has 2 aromatic rings. The molecule has 1 heterocycles. The van der Waals surface area contributed by atoms with E-state index in [2.05, 4.69) is 32.0 Å². The number of aliphatic hydroxyl groups is 1. The van der Waals surface area contributed by atoms with Gasteiger partial charge in [0.1, 0.15) is 17.6 Å². The Bertz CT molecular complexity index is 664. The highest BCUT2D eigenvalue weighted by Crippen LogP contribution is 2.42. The fraction of sp³-hybridized carbons (Fsp3) is 0.333. The van der Waals surface area contributed by atoms with Crippen LogP contribution in [0.15, 0.2) is 36.4 Å². The maximum absolute atomic E-state index is 10.4. The molecule has 0 fully saturated rings. The molecule has 0 aliphatic carbocycles. The number of aryl methyl sites for hydroxylation is 2. The number of ether oxygens (including phenoxy) is 2. The maximum atomic E-state index is 10.4. The van der Waals surface area contributed by atoms with E-state index in [-0.39, 0.29) is 6.10 Å². The van der Waals surface area contributed by atoms with Crippen LogP contribution in [-0.2, 0) is 0 Å². The fourth-order valence-corrected chi connectivity index (χ4v) is 2.93. The van der Waals surface area contributed by atoms with Gasteiger partial charge < -0.3 is 14.6 Å². The average molecular weight is 284 g/mol. The molecule has 3 rings (SSSR count). The van der Waals surface area contributed by atoms with Gasteiger partial charge in [0.15, 0.2) is 0 Å². The van der Waals surface area contributed by atoms with Crippen molar-refractivity contribution >= 4 is 0 Å². The molecule has 21 heavy (non-hydrogen) atoms. The van der Waals surface area contributed by atoms with Gasteiger partial charge >= 0.3 is 0 Å². The molecule has 0 bridgehead atoms. The lowest BCUT2D eigenvalue weighted by molar-refractivity contribution is 0.0652. The van der Waals surface area contributed by atoms with Crippen molar-refractivity contribution in [1.82, 2.24) is 0 Å². The van der Waals surface area contributed by atoms with E-state index >= 15 is 0 Å². The Morgan fingerprint density at radius 3 is 2.62 bits per heavy atom. The van der Waals surface area contributed by atoms with Crippen molar-refractivity contribution < 1.29 is 14.6 Å². The third kappa shape index (κ3) is 2.61. The van der Waals surface area contributed by atoms with Crippen LogP contribution in [0.4, 0.5) is 0 Å². The largest absolute Gasteiger partial charge is 0.497 e. The van der Waals surface area contributed by atoms with Crippen LogP contribution in [0, 0.1) is 13.8 Å². The Morgan fingerprint density at radius 2 is 1.90 bits per heavy atom. The van der Waals surface area contributed by atoms with Crippen LogP contribution >= 0.6 is 0 Å². The van der Waals surface area contributed by atoms with E-state index in [4.69, 9.17) is 9.47 Å². The van der Waals surface area contributed by atoms with E-state index in [9.17, 15) is 5.11 Å². The minimum atomic E-state index is -0.533. The fourth-order valence-electron chi connectivity index (χ4n) is 2.93. The predicted octanol–water partition coefficient (Wildman–Crippen LogP) is 3.87. The van der Waals surface area contributed by atoms with Crippen molar-refractivity contribution in [3.63, 3.8) is 0 Å². The van der Waals surface area contributed by atoms with Crippen LogP contribution in [0.1, 0.15) is 40.9 Å². The molecular formula is C18H20O3. The van der Waals surface area contributed by atoms with Gasteiger partial charge in [-0.05, 0) is 43.2 Å². The zero-order valence-electron chi connectivity index (χ0n) is 12.6. The van der Waals surface area contributed by atoms with Gasteiger partial charge in [-0.15, -0.1) is 0 Å². The van der Waals surface area contributed by atoms with Crippen molar-refractivity contribution in [2.45, 2.75) is 32.5 Å². The number of benzene rings is 2. The number of fused-ring (bicyclic) bond motifs is 1. The average Bonchev–Trinajstić information content (AvgIpc) is 2.47. The molecule has 3 nitrogen and oxygen atoms in total. The van der Waals surface area contributed by atoms with E-state index in [1.165, 1.54) is 11.1 Å².